The summed E-state index contributed by atoms with van der Waals surface area (Å²) in [7, 11) is 3.49. The van der Waals surface area contributed by atoms with Gasteiger partial charge in [-0.05, 0) is 78.8 Å². The maximum Gasteiger partial charge on any atom is 0.293 e. The van der Waals surface area contributed by atoms with E-state index in [9.17, 15) is 9.59 Å². The molecule has 0 saturated carbocycles. The average molecular weight is 580 g/mol. The molecule has 2 heterocycles. The number of carbonyl (C=O) groups is 1. The molecule has 0 radical (unpaired) electrons. The summed E-state index contributed by atoms with van der Waals surface area (Å²) in [5.74, 6) is 0.0597. The molecule has 5 rings (SSSR count). The van der Waals surface area contributed by atoms with Crippen molar-refractivity contribution in [2.24, 2.45) is 7.05 Å². The fraction of sp³-hybridized carbons (Fsp3) is 0.343. The summed E-state index contributed by atoms with van der Waals surface area (Å²) in [6.45, 7) is 10.3. The van der Waals surface area contributed by atoms with Gasteiger partial charge in [-0.3, -0.25) is 9.59 Å². The van der Waals surface area contributed by atoms with E-state index in [1.54, 1.807) is 20.4 Å². The Kier molecular flexibility index (Phi) is 8.69. The number of methoxy groups -OCH3 is 1. The summed E-state index contributed by atoms with van der Waals surface area (Å²) in [5.41, 5.74) is 6.50. The van der Waals surface area contributed by atoms with Gasteiger partial charge in [0.25, 0.3) is 11.5 Å². The van der Waals surface area contributed by atoms with Crippen LogP contribution in [0.2, 0.25) is 0 Å². The third-order valence-electron chi connectivity index (χ3n) is 8.21. The maximum atomic E-state index is 13.1. The summed E-state index contributed by atoms with van der Waals surface area (Å²) in [6.07, 6.45) is 4.08. The van der Waals surface area contributed by atoms with E-state index in [4.69, 9.17) is 9.72 Å². The smallest absolute Gasteiger partial charge is 0.293 e. The maximum absolute atomic E-state index is 13.1. The lowest BCUT2D eigenvalue weighted by Gasteiger charge is -2.33. The second kappa shape index (κ2) is 12.4. The molecule has 3 aromatic carbocycles. The Labute approximate surface area is 253 Å². The van der Waals surface area contributed by atoms with E-state index in [1.165, 1.54) is 10.1 Å². The Bertz CT molecular complexity index is 1650. The van der Waals surface area contributed by atoms with Gasteiger partial charge in [0.15, 0.2) is 5.82 Å². The van der Waals surface area contributed by atoms with Crippen LogP contribution in [0.15, 0.2) is 77.7 Å². The number of piperidine rings is 1. The highest BCUT2D eigenvalue weighted by Crippen LogP contribution is 2.29. The molecule has 0 bridgehead atoms. The molecule has 0 unspecified atom stereocenters. The van der Waals surface area contributed by atoms with Crippen LogP contribution >= 0.6 is 0 Å². The van der Waals surface area contributed by atoms with E-state index in [0.29, 0.717) is 23.0 Å². The van der Waals surface area contributed by atoms with Crippen molar-refractivity contribution in [3.8, 4) is 11.3 Å². The molecule has 1 aliphatic heterocycles. The molecule has 2 N–H and O–H groups in total. The van der Waals surface area contributed by atoms with Crippen LogP contribution in [-0.2, 0) is 17.2 Å². The molecular formula is C35H41N5O3. The Morgan fingerprint density at radius 1 is 0.977 bits per heavy atom. The van der Waals surface area contributed by atoms with Gasteiger partial charge in [0.05, 0.1) is 11.8 Å². The van der Waals surface area contributed by atoms with Crippen molar-refractivity contribution in [1.29, 1.82) is 0 Å². The molecule has 0 atom stereocenters. The molecule has 1 aromatic heterocycles. The number of carbonyl (C=O) groups excluding carboxylic acids is 1. The first kappa shape index (κ1) is 30.0. The van der Waals surface area contributed by atoms with E-state index in [0.717, 1.165) is 48.4 Å². The number of hydrogen-bond acceptors (Lipinski definition) is 6. The topological polar surface area (TPSA) is 88.5 Å². The summed E-state index contributed by atoms with van der Waals surface area (Å²) in [4.78, 5) is 33.2. The molecule has 8 nitrogen and oxygen atoms in total. The number of nitrogens with one attached hydrogen (secondary N) is 2. The van der Waals surface area contributed by atoms with Gasteiger partial charge in [-0.1, -0.05) is 45.0 Å². The van der Waals surface area contributed by atoms with Crippen LogP contribution in [-0.4, -0.2) is 41.8 Å². The lowest BCUT2D eigenvalue weighted by atomic mass is 9.86. The van der Waals surface area contributed by atoms with Gasteiger partial charge in [0.2, 0.25) is 0 Å². The zero-order chi connectivity index (χ0) is 30.7. The number of nitrogens with zero attached hydrogens (tertiary/aromatic N) is 3. The molecule has 224 valence electrons. The van der Waals surface area contributed by atoms with Crippen molar-refractivity contribution in [3.63, 3.8) is 0 Å². The number of hydrogen-bond donors (Lipinski definition) is 2. The minimum absolute atomic E-state index is 0.0156. The largest absolute Gasteiger partial charge is 0.381 e. The highest BCUT2D eigenvalue weighted by atomic mass is 16.5. The van der Waals surface area contributed by atoms with Gasteiger partial charge in [-0.25, -0.2) is 4.98 Å². The van der Waals surface area contributed by atoms with E-state index < -0.39 is 0 Å². The number of amides is 1. The number of aryl methyl sites for hydroxylation is 1. The van der Waals surface area contributed by atoms with Crippen molar-refractivity contribution < 1.29 is 9.53 Å². The third kappa shape index (κ3) is 6.81. The van der Waals surface area contributed by atoms with Crippen LogP contribution in [0.5, 0.6) is 0 Å². The molecule has 8 heteroatoms. The van der Waals surface area contributed by atoms with Gasteiger partial charge in [-0.2, -0.15) is 0 Å². The van der Waals surface area contributed by atoms with Crippen LogP contribution < -0.4 is 21.1 Å². The van der Waals surface area contributed by atoms with Gasteiger partial charge in [0.1, 0.15) is 0 Å². The zero-order valence-corrected chi connectivity index (χ0v) is 25.9. The second-order valence-electron chi connectivity index (χ2n) is 12.2. The normalized spacial score (nSPS) is 14.0. The average Bonchev–Trinajstić information content (AvgIpc) is 3.00. The fourth-order valence-corrected chi connectivity index (χ4v) is 5.42. The van der Waals surface area contributed by atoms with E-state index >= 15 is 0 Å². The standard InChI is InChI=1S/C35H41N5O3/c1-23-29(8-7-9-30(23)38-33(41)24-10-12-25(13-11-24)35(2,3)4)31-22-39(5)34(42)32(37-31)36-26-14-16-27(17-15-26)40-20-18-28(43-6)19-21-40/h7-17,22,28H,18-21H2,1-6H3,(H,36,37)(H,38,41). The van der Waals surface area contributed by atoms with Crippen LogP contribution in [0.3, 0.4) is 0 Å². The lowest BCUT2D eigenvalue weighted by molar-refractivity contribution is 0.0819. The SMILES string of the molecule is COC1CCN(c2ccc(Nc3nc(-c4cccc(NC(=O)c5ccc(C(C)(C)C)cc5)c4C)cn(C)c3=O)cc2)CC1. The molecule has 43 heavy (non-hydrogen) atoms. The van der Waals surface area contributed by atoms with E-state index in [-0.39, 0.29) is 22.7 Å². The minimum atomic E-state index is -0.227. The van der Waals surface area contributed by atoms with Gasteiger partial charge in [-0.15, -0.1) is 0 Å². The predicted octanol–water partition coefficient (Wildman–Crippen LogP) is 6.66. The number of anilines is 4. The summed E-state index contributed by atoms with van der Waals surface area (Å²) < 4.78 is 7.02. The summed E-state index contributed by atoms with van der Waals surface area (Å²) in [5, 5.41) is 6.27. The first-order valence-electron chi connectivity index (χ1n) is 14.8. The van der Waals surface area contributed by atoms with Crippen molar-refractivity contribution >= 4 is 28.8 Å². The molecular weight excluding hydrogens is 538 g/mol. The minimum Gasteiger partial charge on any atom is -0.381 e. The van der Waals surface area contributed by atoms with Crippen LogP contribution in [0.4, 0.5) is 22.9 Å². The quantitative estimate of drug-likeness (QED) is 0.254. The zero-order valence-electron chi connectivity index (χ0n) is 25.9. The van der Waals surface area contributed by atoms with Crippen LogP contribution in [0.25, 0.3) is 11.3 Å². The van der Waals surface area contributed by atoms with Crippen molar-refractivity contribution in [1.82, 2.24) is 9.55 Å². The number of rotatable bonds is 7. The van der Waals surface area contributed by atoms with Crippen LogP contribution in [0.1, 0.15) is 55.1 Å². The third-order valence-corrected chi connectivity index (χ3v) is 8.21. The molecule has 1 amide bonds. The lowest BCUT2D eigenvalue weighted by Crippen LogP contribution is -2.36. The van der Waals surface area contributed by atoms with Gasteiger partial charge < -0.3 is 24.8 Å². The van der Waals surface area contributed by atoms with Gasteiger partial charge in [0, 0.05) is 61.6 Å². The number of aromatic nitrogens is 2. The highest BCUT2D eigenvalue weighted by Gasteiger charge is 2.19. The Balaban J connectivity index is 1.34. The Morgan fingerprint density at radius 2 is 1.65 bits per heavy atom. The molecule has 0 aliphatic carbocycles. The number of ether oxygens (including phenoxy) is 1. The molecule has 1 aliphatic rings. The molecule has 4 aromatic rings. The molecule has 1 fully saturated rings. The molecule has 1 saturated heterocycles. The van der Waals surface area contributed by atoms with Crippen LogP contribution in [0, 0.1) is 6.92 Å². The number of benzene rings is 3. The highest BCUT2D eigenvalue weighted by molar-refractivity contribution is 6.05. The predicted molar refractivity (Wildman–Crippen MR) is 175 cm³/mol. The summed E-state index contributed by atoms with van der Waals surface area (Å²) >= 11 is 0. The van der Waals surface area contributed by atoms with Crippen molar-refractivity contribution in [3.05, 3.63) is 100.0 Å². The summed E-state index contributed by atoms with van der Waals surface area (Å²) in [6, 6.07) is 21.5. The van der Waals surface area contributed by atoms with E-state index in [2.05, 4.69) is 48.4 Å². The Hall–Kier alpha value is -4.43. The first-order chi connectivity index (χ1) is 20.5. The van der Waals surface area contributed by atoms with Gasteiger partial charge >= 0.3 is 0 Å². The van der Waals surface area contributed by atoms with Crippen molar-refractivity contribution in [2.45, 2.75) is 52.1 Å². The molecule has 0 spiro atoms. The Morgan fingerprint density at radius 3 is 2.28 bits per heavy atom. The fourth-order valence-electron chi connectivity index (χ4n) is 5.42. The van der Waals surface area contributed by atoms with Crippen molar-refractivity contribution in [2.75, 3.05) is 35.7 Å². The second-order valence-corrected chi connectivity index (χ2v) is 12.2. The monoisotopic (exact) mass is 579 g/mol. The van der Waals surface area contributed by atoms with E-state index in [1.807, 2.05) is 61.5 Å². The first-order valence-corrected chi connectivity index (χ1v) is 14.8.